The topological polar surface area (TPSA) is 34.4 Å². The van der Waals surface area contributed by atoms with Gasteiger partial charge in [0.2, 0.25) is 0 Å². The van der Waals surface area contributed by atoms with Crippen molar-refractivity contribution in [3.05, 3.63) is 76.4 Å². The molecule has 1 heterocycles. The van der Waals surface area contributed by atoms with Crippen molar-refractivity contribution in [2.75, 3.05) is 0 Å². The molecule has 5 heteroatoms. The van der Waals surface area contributed by atoms with Gasteiger partial charge in [0.05, 0.1) is 16.6 Å². The van der Waals surface area contributed by atoms with E-state index in [1.165, 1.54) is 29.0 Å². The summed E-state index contributed by atoms with van der Waals surface area (Å²) in [5.41, 5.74) is 4.15. The van der Waals surface area contributed by atoms with E-state index in [1.807, 2.05) is 36.6 Å². The van der Waals surface area contributed by atoms with Crippen molar-refractivity contribution in [1.82, 2.24) is 4.57 Å². The van der Waals surface area contributed by atoms with Crippen LogP contribution in [0.1, 0.15) is 16.7 Å². The molecule has 0 bridgehead atoms. The number of benzene rings is 2. The van der Waals surface area contributed by atoms with Crippen molar-refractivity contribution >= 4 is 27.5 Å². The van der Waals surface area contributed by atoms with Crippen LogP contribution in [0.3, 0.4) is 0 Å². The van der Waals surface area contributed by atoms with Crippen LogP contribution in [0.4, 0.5) is 4.39 Å². The Morgan fingerprint density at radius 1 is 1.24 bits per heavy atom. The number of hydrogen-bond acceptors (Lipinski definition) is 2. The van der Waals surface area contributed by atoms with Gasteiger partial charge in [-0.2, -0.15) is 4.99 Å². The third kappa shape index (κ3) is 3.77. The fraction of sp³-hybridized carbons (Fsp3) is 0.200. The van der Waals surface area contributed by atoms with Crippen molar-refractivity contribution in [1.29, 1.82) is 0 Å². The van der Waals surface area contributed by atoms with Gasteiger partial charge in [0.1, 0.15) is 5.82 Å². The molecule has 0 aliphatic carbocycles. The number of halogens is 1. The molecule has 3 rings (SSSR count). The molecular formula is C20H19FN2OS. The molecule has 0 spiro atoms. The smallest absolute Gasteiger partial charge is 0.252 e. The number of fused-ring (bicyclic) bond motifs is 1. The highest BCUT2D eigenvalue weighted by Gasteiger charge is 2.09. The first kappa shape index (κ1) is 17.3. The Balaban J connectivity index is 1.98. The van der Waals surface area contributed by atoms with Gasteiger partial charge in [0, 0.05) is 6.54 Å². The molecule has 1 aromatic heterocycles. The molecule has 0 radical (unpaired) electrons. The summed E-state index contributed by atoms with van der Waals surface area (Å²) in [6, 6.07) is 10.6. The van der Waals surface area contributed by atoms with E-state index in [9.17, 15) is 9.18 Å². The summed E-state index contributed by atoms with van der Waals surface area (Å²) >= 11 is 1.31. The van der Waals surface area contributed by atoms with Crippen LogP contribution in [0.15, 0.2) is 54.0 Å². The summed E-state index contributed by atoms with van der Waals surface area (Å²) < 4.78 is 16.1. The molecular weight excluding hydrogens is 335 g/mol. The maximum absolute atomic E-state index is 13.5. The Bertz CT molecular complexity index is 1030. The molecule has 0 saturated heterocycles. The number of thiazole rings is 1. The van der Waals surface area contributed by atoms with Crippen LogP contribution in [0.2, 0.25) is 0 Å². The van der Waals surface area contributed by atoms with Crippen LogP contribution in [-0.2, 0) is 17.8 Å². The lowest BCUT2D eigenvalue weighted by molar-refractivity contribution is -0.117. The van der Waals surface area contributed by atoms with Crippen LogP contribution in [0.25, 0.3) is 10.2 Å². The second kappa shape index (κ2) is 7.15. The lowest BCUT2D eigenvalue weighted by atomic mass is 10.0. The average Bonchev–Trinajstić information content (AvgIpc) is 2.88. The van der Waals surface area contributed by atoms with Crippen molar-refractivity contribution < 1.29 is 9.18 Å². The molecule has 25 heavy (non-hydrogen) atoms. The zero-order chi connectivity index (χ0) is 18.0. The molecule has 1 amide bonds. The lowest BCUT2D eigenvalue weighted by Gasteiger charge is -2.03. The number of nitrogens with zero attached hydrogens (tertiary/aromatic N) is 2. The summed E-state index contributed by atoms with van der Waals surface area (Å²) in [4.78, 5) is 17.2. The van der Waals surface area contributed by atoms with Crippen molar-refractivity contribution in [3.63, 3.8) is 0 Å². The van der Waals surface area contributed by atoms with E-state index in [4.69, 9.17) is 0 Å². The number of carbonyl (C=O) groups excluding carboxylic acids is 1. The summed E-state index contributed by atoms with van der Waals surface area (Å²) in [7, 11) is 0. The van der Waals surface area contributed by atoms with Gasteiger partial charge < -0.3 is 4.57 Å². The Morgan fingerprint density at radius 2 is 2.04 bits per heavy atom. The maximum Gasteiger partial charge on any atom is 0.252 e. The number of carbonyl (C=O) groups is 1. The van der Waals surface area contributed by atoms with Gasteiger partial charge in [-0.1, -0.05) is 35.6 Å². The standard InChI is InChI=1S/C20H19FN2OS/c1-4-9-23-17-8-7-16(21)12-18(17)25-20(23)22-19(24)11-15-6-5-13(2)14(3)10-15/h4-8,10,12H,1,9,11H2,2-3H3. The largest absolute Gasteiger partial charge is 0.313 e. The minimum atomic E-state index is -0.299. The minimum absolute atomic E-state index is 0.215. The Hall–Kier alpha value is -2.53. The van der Waals surface area contributed by atoms with E-state index >= 15 is 0 Å². The van der Waals surface area contributed by atoms with Gasteiger partial charge in [0.15, 0.2) is 4.80 Å². The highest BCUT2D eigenvalue weighted by Crippen LogP contribution is 2.19. The quantitative estimate of drug-likeness (QED) is 0.643. The van der Waals surface area contributed by atoms with E-state index < -0.39 is 0 Å². The monoisotopic (exact) mass is 354 g/mol. The van der Waals surface area contributed by atoms with E-state index in [0.29, 0.717) is 11.3 Å². The lowest BCUT2D eigenvalue weighted by Crippen LogP contribution is -2.17. The van der Waals surface area contributed by atoms with Crippen LogP contribution in [0.5, 0.6) is 0 Å². The molecule has 3 aromatic rings. The second-order valence-corrected chi connectivity index (χ2v) is 7.01. The van der Waals surface area contributed by atoms with Crippen LogP contribution >= 0.6 is 11.3 Å². The van der Waals surface area contributed by atoms with Gasteiger partial charge >= 0.3 is 0 Å². The molecule has 2 aromatic carbocycles. The number of aromatic nitrogens is 1. The number of amides is 1. The summed E-state index contributed by atoms with van der Waals surface area (Å²) in [5.74, 6) is -0.513. The van der Waals surface area contributed by atoms with E-state index in [0.717, 1.165) is 21.3 Å². The van der Waals surface area contributed by atoms with Crippen molar-refractivity contribution in [2.45, 2.75) is 26.8 Å². The number of aryl methyl sites for hydroxylation is 2. The van der Waals surface area contributed by atoms with Crippen LogP contribution in [0, 0.1) is 19.7 Å². The van der Waals surface area contributed by atoms with E-state index in [-0.39, 0.29) is 18.1 Å². The fourth-order valence-corrected chi connectivity index (χ4v) is 3.75. The first-order valence-electron chi connectivity index (χ1n) is 8.01. The SMILES string of the molecule is C=CCn1c(=NC(=O)Cc2ccc(C)c(C)c2)sc2cc(F)ccc21. The Kier molecular flexibility index (Phi) is 4.95. The first-order valence-corrected chi connectivity index (χ1v) is 8.83. The van der Waals surface area contributed by atoms with Gasteiger partial charge in [-0.25, -0.2) is 4.39 Å². The molecule has 0 N–H and O–H groups in total. The Morgan fingerprint density at radius 3 is 2.76 bits per heavy atom. The second-order valence-electron chi connectivity index (χ2n) is 6.00. The van der Waals surface area contributed by atoms with E-state index in [2.05, 4.69) is 11.6 Å². The van der Waals surface area contributed by atoms with Gasteiger partial charge in [-0.05, 0) is 48.7 Å². The highest BCUT2D eigenvalue weighted by molar-refractivity contribution is 7.16. The zero-order valence-electron chi connectivity index (χ0n) is 14.3. The summed E-state index contributed by atoms with van der Waals surface area (Å²) in [5, 5.41) is 0. The third-order valence-corrected chi connectivity index (χ3v) is 5.14. The maximum atomic E-state index is 13.5. The third-order valence-electron chi connectivity index (χ3n) is 4.10. The van der Waals surface area contributed by atoms with Crippen LogP contribution < -0.4 is 4.80 Å². The summed E-state index contributed by atoms with van der Waals surface area (Å²) in [6.07, 6.45) is 1.99. The van der Waals surface area contributed by atoms with Gasteiger partial charge in [-0.15, -0.1) is 6.58 Å². The number of hydrogen-bond donors (Lipinski definition) is 0. The molecule has 0 aliphatic heterocycles. The highest BCUT2D eigenvalue weighted by atomic mass is 32.1. The first-order chi connectivity index (χ1) is 12.0. The Labute approximate surface area is 149 Å². The van der Waals surface area contributed by atoms with Crippen LogP contribution in [-0.4, -0.2) is 10.5 Å². The number of rotatable bonds is 4. The predicted molar refractivity (Wildman–Crippen MR) is 100 cm³/mol. The molecule has 0 saturated carbocycles. The zero-order valence-corrected chi connectivity index (χ0v) is 15.1. The minimum Gasteiger partial charge on any atom is -0.313 e. The van der Waals surface area contributed by atoms with Crippen molar-refractivity contribution in [2.24, 2.45) is 4.99 Å². The van der Waals surface area contributed by atoms with Crippen molar-refractivity contribution in [3.8, 4) is 0 Å². The van der Waals surface area contributed by atoms with Gasteiger partial charge in [-0.3, -0.25) is 4.79 Å². The molecule has 0 aliphatic rings. The normalized spacial score (nSPS) is 11.9. The molecule has 128 valence electrons. The molecule has 0 atom stereocenters. The summed E-state index contributed by atoms with van der Waals surface area (Å²) in [6.45, 7) is 8.33. The number of allylic oxidation sites excluding steroid dienone is 1. The average molecular weight is 354 g/mol. The predicted octanol–water partition coefficient (Wildman–Crippen LogP) is 4.31. The molecule has 0 unspecified atom stereocenters. The van der Waals surface area contributed by atoms with Gasteiger partial charge in [0.25, 0.3) is 5.91 Å². The molecule has 3 nitrogen and oxygen atoms in total. The van der Waals surface area contributed by atoms with E-state index in [1.54, 1.807) is 12.1 Å². The fourth-order valence-electron chi connectivity index (χ4n) is 2.67. The molecule has 0 fully saturated rings.